The molecule has 0 aliphatic heterocycles. The van der Waals surface area contributed by atoms with Gasteiger partial charge in [-0.15, -0.1) is 0 Å². The van der Waals surface area contributed by atoms with Gasteiger partial charge in [-0.05, 0) is 11.6 Å². The molecule has 2 N–H and O–H groups in total. The molecule has 0 bridgehead atoms. The summed E-state index contributed by atoms with van der Waals surface area (Å²) in [6.07, 6.45) is 2.13. The minimum Gasteiger partial charge on any atom is -0.395 e. The topological polar surface area (TPSA) is 37.2 Å². The van der Waals surface area contributed by atoms with Crippen molar-refractivity contribution in [2.24, 2.45) is 7.05 Å². The zero-order valence-corrected chi connectivity index (χ0v) is 8.90. The number of aliphatic hydroxyl groups excluding tert-OH is 1. The van der Waals surface area contributed by atoms with Crippen LogP contribution < -0.4 is 5.32 Å². The number of aromatic nitrogens is 1. The summed E-state index contributed by atoms with van der Waals surface area (Å²) in [6.45, 7) is 1.63. The van der Waals surface area contributed by atoms with Crippen LogP contribution in [0.15, 0.2) is 30.5 Å². The molecule has 0 unspecified atom stereocenters. The SMILES string of the molecule is Cn1cc(CNCCO)c2ccccc21. The van der Waals surface area contributed by atoms with Crippen LogP contribution in [0.1, 0.15) is 5.56 Å². The molecular formula is C12H16N2O. The van der Waals surface area contributed by atoms with E-state index in [0.717, 1.165) is 6.54 Å². The highest BCUT2D eigenvalue weighted by Gasteiger charge is 2.04. The number of para-hydroxylation sites is 1. The van der Waals surface area contributed by atoms with Crippen LogP contribution in [0.2, 0.25) is 0 Å². The highest BCUT2D eigenvalue weighted by atomic mass is 16.3. The Bertz CT molecular complexity index is 448. The van der Waals surface area contributed by atoms with Crippen molar-refractivity contribution in [3.05, 3.63) is 36.0 Å². The highest BCUT2D eigenvalue weighted by Crippen LogP contribution is 2.19. The Morgan fingerprint density at radius 2 is 2.13 bits per heavy atom. The number of benzene rings is 1. The normalized spacial score (nSPS) is 11.1. The predicted molar refractivity (Wildman–Crippen MR) is 61.7 cm³/mol. The lowest BCUT2D eigenvalue weighted by molar-refractivity contribution is 0.292. The van der Waals surface area contributed by atoms with Crippen molar-refractivity contribution in [1.29, 1.82) is 0 Å². The summed E-state index contributed by atoms with van der Waals surface area (Å²) in [4.78, 5) is 0. The molecule has 0 aliphatic carbocycles. The molecule has 0 saturated heterocycles. The number of nitrogens with one attached hydrogen (secondary N) is 1. The first-order valence-electron chi connectivity index (χ1n) is 5.17. The van der Waals surface area contributed by atoms with Gasteiger partial charge in [0.1, 0.15) is 0 Å². The number of aryl methyl sites for hydroxylation is 1. The molecule has 80 valence electrons. The summed E-state index contributed by atoms with van der Waals surface area (Å²) in [5.74, 6) is 0. The third-order valence-electron chi connectivity index (χ3n) is 2.58. The maximum Gasteiger partial charge on any atom is 0.0556 e. The van der Waals surface area contributed by atoms with Crippen molar-refractivity contribution < 1.29 is 5.11 Å². The molecular weight excluding hydrogens is 188 g/mol. The number of nitrogens with zero attached hydrogens (tertiary/aromatic N) is 1. The lowest BCUT2D eigenvalue weighted by atomic mass is 10.2. The van der Waals surface area contributed by atoms with Gasteiger partial charge >= 0.3 is 0 Å². The number of fused-ring (bicyclic) bond motifs is 1. The van der Waals surface area contributed by atoms with E-state index < -0.39 is 0 Å². The lowest BCUT2D eigenvalue weighted by Crippen LogP contribution is -2.17. The van der Waals surface area contributed by atoms with Gasteiger partial charge in [0.25, 0.3) is 0 Å². The summed E-state index contributed by atoms with van der Waals surface area (Å²) in [6, 6.07) is 8.35. The van der Waals surface area contributed by atoms with E-state index in [0.29, 0.717) is 6.54 Å². The molecule has 1 aromatic heterocycles. The van der Waals surface area contributed by atoms with Crippen LogP contribution in [-0.4, -0.2) is 22.8 Å². The molecule has 0 atom stereocenters. The molecule has 2 aromatic rings. The van der Waals surface area contributed by atoms with Crippen molar-refractivity contribution in [3.63, 3.8) is 0 Å². The fourth-order valence-corrected chi connectivity index (χ4v) is 1.87. The van der Waals surface area contributed by atoms with E-state index in [-0.39, 0.29) is 6.61 Å². The Balaban J connectivity index is 2.27. The number of rotatable bonds is 4. The van der Waals surface area contributed by atoms with Crippen molar-refractivity contribution in [1.82, 2.24) is 9.88 Å². The molecule has 0 saturated carbocycles. The monoisotopic (exact) mass is 204 g/mol. The molecule has 1 heterocycles. The van der Waals surface area contributed by atoms with Gasteiger partial charge in [0.2, 0.25) is 0 Å². The van der Waals surface area contributed by atoms with Gasteiger partial charge in [0.15, 0.2) is 0 Å². The molecule has 3 heteroatoms. The van der Waals surface area contributed by atoms with Gasteiger partial charge in [-0.1, -0.05) is 18.2 Å². The van der Waals surface area contributed by atoms with Gasteiger partial charge < -0.3 is 15.0 Å². The predicted octanol–water partition coefficient (Wildman–Crippen LogP) is 1.26. The largest absolute Gasteiger partial charge is 0.395 e. The standard InChI is InChI=1S/C12H16N2O/c1-14-9-10(8-13-6-7-15)11-4-2-3-5-12(11)14/h2-5,9,13,15H,6-8H2,1H3. The summed E-state index contributed by atoms with van der Waals surface area (Å²) < 4.78 is 2.13. The van der Waals surface area contributed by atoms with Gasteiger partial charge in [0, 0.05) is 37.2 Å². The van der Waals surface area contributed by atoms with Gasteiger partial charge in [-0.3, -0.25) is 0 Å². The minimum atomic E-state index is 0.185. The highest BCUT2D eigenvalue weighted by molar-refractivity contribution is 5.83. The second kappa shape index (κ2) is 4.47. The van der Waals surface area contributed by atoms with Gasteiger partial charge in [-0.25, -0.2) is 0 Å². The maximum atomic E-state index is 8.70. The smallest absolute Gasteiger partial charge is 0.0556 e. The van der Waals surface area contributed by atoms with Crippen LogP contribution in [0.25, 0.3) is 10.9 Å². The average molecular weight is 204 g/mol. The van der Waals surface area contributed by atoms with Crippen LogP contribution in [0.5, 0.6) is 0 Å². The van der Waals surface area contributed by atoms with Crippen LogP contribution >= 0.6 is 0 Å². The fraction of sp³-hybridized carbons (Fsp3) is 0.333. The zero-order valence-electron chi connectivity index (χ0n) is 8.90. The van der Waals surface area contributed by atoms with Crippen molar-refractivity contribution in [2.75, 3.05) is 13.2 Å². The zero-order chi connectivity index (χ0) is 10.7. The molecule has 0 aliphatic rings. The van der Waals surface area contributed by atoms with Gasteiger partial charge in [-0.2, -0.15) is 0 Å². The Kier molecular flexibility index (Phi) is 3.04. The Hall–Kier alpha value is -1.32. The van der Waals surface area contributed by atoms with Crippen molar-refractivity contribution in [2.45, 2.75) is 6.54 Å². The second-order valence-electron chi connectivity index (χ2n) is 3.68. The van der Waals surface area contributed by atoms with E-state index in [1.807, 2.05) is 6.07 Å². The van der Waals surface area contributed by atoms with Gasteiger partial charge in [0.05, 0.1) is 6.61 Å². The van der Waals surface area contributed by atoms with Crippen LogP contribution in [0.3, 0.4) is 0 Å². The van der Waals surface area contributed by atoms with Crippen LogP contribution in [0, 0.1) is 0 Å². The maximum absolute atomic E-state index is 8.70. The van der Waals surface area contributed by atoms with Crippen LogP contribution in [-0.2, 0) is 13.6 Å². The van der Waals surface area contributed by atoms with E-state index in [9.17, 15) is 0 Å². The third kappa shape index (κ3) is 2.03. The lowest BCUT2D eigenvalue weighted by Gasteiger charge is -2.00. The summed E-state index contributed by atoms with van der Waals surface area (Å²) >= 11 is 0. The van der Waals surface area contributed by atoms with Crippen LogP contribution in [0.4, 0.5) is 0 Å². The summed E-state index contributed by atoms with van der Waals surface area (Å²) in [7, 11) is 2.05. The minimum absolute atomic E-state index is 0.185. The first-order valence-corrected chi connectivity index (χ1v) is 5.17. The van der Waals surface area contributed by atoms with E-state index >= 15 is 0 Å². The average Bonchev–Trinajstić information content (AvgIpc) is 2.58. The summed E-state index contributed by atoms with van der Waals surface area (Å²) in [5.41, 5.74) is 2.53. The first-order chi connectivity index (χ1) is 7.33. The third-order valence-corrected chi connectivity index (χ3v) is 2.58. The van der Waals surface area contributed by atoms with E-state index in [4.69, 9.17) is 5.11 Å². The first kappa shape index (κ1) is 10.2. The summed E-state index contributed by atoms with van der Waals surface area (Å²) in [5, 5.41) is 13.2. The number of aliphatic hydroxyl groups is 1. The Labute approximate surface area is 89.3 Å². The molecule has 1 aromatic carbocycles. The molecule has 3 nitrogen and oxygen atoms in total. The molecule has 2 rings (SSSR count). The number of hydrogen-bond acceptors (Lipinski definition) is 2. The second-order valence-corrected chi connectivity index (χ2v) is 3.68. The molecule has 15 heavy (non-hydrogen) atoms. The molecule has 0 fully saturated rings. The van der Waals surface area contributed by atoms with E-state index in [1.165, 1.54) is 16.5 Å². The quantitative estimate of drug-likeness (QED) is 0.736. The van der Waals surface area contributed by atoms with E-state index in [2.05, 4.69) is 41.3 Å². The fourth-order valence-electron chi connectivity index (χ4n) is 1.87. The molecule has 0 radical (unpaired) electrons. The molecule has 0 amide bonds. The molecule has 0 spiro atoms. The Morgan fingerprint density at radius 3 is 2.93 bits per heavy atom. The van der Waals surface area contributed by atoms with Crippen molar-refractivity contribution in [3.8, 4) is 0 Å². The Morgan fingerprint density at radius 1 is 1.33 bits per heavy atom. The van der Waals surface area contributed by atoms with E-state index in [1.54, 1.807) is 0 Å². The van der Waals surface area contributed by atoms with Crippen molar-refractivity contribution >= 4 is 10.9 Å². The number of hydrogen-bond donors (Lipinski definition) is 2.